The van der Waals surface area contributed by atoms with Gasteiger partial charge in [0.2, 0.25) is 5.95 Å². The van der Waals surface area contributed by atoms with Gasteiger partial charge in [-0.2, -0.15) is 13.2 Å². The van der Waals surface area contributed by atoms with E-state index < -0.39 is 24.6 Å². The zero-order chi connectivity index (χ0) is 13.9. The number of carboxylic acid groups (broad SMARTS) is 1. The van der Waals surface area contributed by atoms with E-state index in [1.807, 2.05) is 0 Å². The van der Waals surface area contributed by atoms with Gasteiger partial charge in [0.05, 0.1) is 17.7 Å². The summed E-state index contributed by atoms with van der Waals surface area (Å²) in [5.74, 6) is -1.20. The van der Waals surface area contributed by atoms with Gasteiger partial charge in [-0.05, 0) is 13.8 Å². The number of anilines is 1. The summed E-state index contributed by atoms with van der Waals surface area (Å²) < 4.78 is 36.3. The van der Waals surface area contributed by atoms with Crippen molar-refractivity contribution in [1.82, 2.24) is 9.97 Å². The quantitative estimate of drug-likeness (QED) is 0.871. The molecule has 0 amide bonds. The van der Waals surface area contributed by atoms with E-state index in [4.69, 9.17) is 5.11 Å². The van der Waals surface area contributed by atoms with Crippen LogP contribution in [0.1, 0.15) is 29.4 Å². The standard InChI is InChI=1S/C10H12F3N3O2/c1-5(3-10(11,12)13)15-9-14-4-7(8(17)18)6(2)16-9/h4-5H,3H2,1-2H3,(H,17,18)(H,14,15,16). The predicted octanol–water partition coefficient (Wildman–Crippen LogP) is 2.24. The second kappa shape index (κ2) is 5.19. The first-order valence-corrected chi connectivity index (χ1v) is 5.09. The Morgan fingerprint density at radius 1 is 1.56 bits per heavy atom. The second-order valence-corrected chi connectivity index (χ2v) is 3.86. The summed E-state index contributed by atoms with van der Waals surface area (Å²) in [5.41, 5.74) is 0.114. The zero-order valence-corrected chi connectivity index (χ0v) is 9.75. The molecule has 1 heterocycles. The fourth-order valence-corrected chi connectivity index (χ4v) is 1.37. The van der Waals surface area contributed by atoms with E-state index in [1.165, 1.54) is 13.8 Å². The molecule has 1 unspecified atom stereocenters. The fourth-order valence-electron chi connectivity index (χ4n) is 1.37. The number of aromatic carboxylic acids is 1. The maximum atomic E-state index is 12.1. The van der Waals surface area contributed by atoms with Gasteiger partial charge in [-0.1, -0.05) is 0 Å². The zero-order valence-electron chi connectivity index (χ0n) is 9.75. The molecule has 1 atom stereocenters. The van der Waals surface area contributed by atoms with Crippen LogP contribution in [0, 0.1) is 6.92 Å². The third-order valence-corrected chi connectivity index (χ3v) is 2.12. The summed E-state index contributed by atoms with van der Waals surface area (Å²) in [6.45, 7) is 2.79. The Balaban J connectivity index is 2.75. The molecule has 0 radical (unpaired) electrons. The van der Waals surface area contributed by atoms with Crippen molar-refractivity contribution in [3.8, 4) is 0 Å². The monoisotopic (exact) mass is 263 g/mol. The van der Waals surface area contributed by atoms with Crippen LogP contribution in [0.15, 0.2) is 6.20 Å². The second-order valence-electron chi connectivity index (χ2n) is 3.86. The largest absolute Gasteiger partial charge is 0.478 e. The lowest BCUT2D eigenvalue weighted by molar-refractivity contribution is -0.136. The highest BCUT2D eigenvalue weighted by atomic mass is 19.4. The van der Waals surface area contributed by atoms with E-state index in [2.05, 4.69) is 15.3 Å². The lowest BCUT2D eigenvalue weighted by Gasteiger charge is -2.15. The van der Waals surface area contributed by atoms with Gasteiger partial charge in [0.15, 0.2) is 0 Å². The molecule has 1 rings (SSSR count). The predicted molar refractivity (Wildman–Crippen MR) is 57.5 cm³/mol. The van der Waals surface area contributed by atoms with Crippen LogP contribution in [0.4, 0.5) is 19.1 Å². The molecule has 0 aliphatic carbocycles. The Morgan fingerprint density at radius 2 is 2.17 bits per heavy atom. The number of hydrogen-bond donors (Lipinski definition) is 2. The van der Waals surface area contributed by atoms with Crippen LogP contribution in [0.3, 0.4) is 0 Å². The van der Waals surface area contributed by atoms with E-state index in [-0.39, 0.29) is 17.2 Å². The summed E-state index contributed by atoms with van der Waals surface area (Å²) >= 11 is 0. The van der Waals surface area contributed by atoms with Gasteiger partial charge in [-0.15, -0.1) is 0 Å². The van der Waals surface area contributed by atoms with Crippen molar-refractivity contribution in [3.05, 3.63) is 17.5 Å². The van der Waals surface area contributed by atoms with E-state index in [1.54, 1.807) is 0 Å². The Labute approximate surface area is 101 Å². The van der Waals surface area contributed by atoms with E-state index in [9.17, 15) is 18.0 Å². The van der Waals surface area contributed by atoms with Crippen molar-refractivity contribution in [2.24, 2.45) is 0 Å². The fraction of sp³-hybridized carbons (Fsp3) is 0.500. The molecule has 8 heteroatoms. The summed E-state index contributed by atoms with van der Waals surface area (Å²) in [5, 5.41) is 11.2. The number of nitrogens with zero attached hydrogens (tertiary/aromatic N) is 2. The summed E-state index contributed by atoms with van der Waals surface area (Å²) in [7, 11) is 0. The van der Waals surface area contributed by atoms with Crippen LogP contribution in [-0.2, 0) is 0 Å². The SMILES string of the molecule is Cc1nc(NC(C)CC(F)(F)F)ncc1C(=O)O. The maximum absolute atomic E-state index is 12.1. The molecule has 1 aromatic rings. The van der Waals surface area contributed by atoms with Crippen molar-refractivity contribution >= 4 is 11.9 Å². The number of rotatable bonds is 4. The molecule has 5 nitrogen and oxygen atoms in total. The Bertz CT molecular complexity index is 448. The first kappa shape index (κ1) is 14.2. The van der Waals surface area contributed by atoms with Gasteiger partial charge in [0, 0.05) is 12.2 Å². The van der Waals surface area contributed by atoms with Crippen LogP contribution in [0.2, 0.25) is 0 Å². The van der Waals surface area contributed by atoms with E-state index >= 15 is 0 Å². The minimum Gasteiger partial charge on any atom is -0.478 e. The Morgan fingerprint density at radius 3 is 2.61 bits per heavy atom. The molecule has 0 bridgehead atoms. The van der Waals surface area contributed by atoms with Crippen LogP contribution in [0.5, 0.6) is 0 Å². The van der Waals surface area contributed by atoms with Crippen LogP contribution in [-0.4, -0.2) is 33.3 Å². The molecule has 0 fully saturated rings. The molecule has 0 aliphatic rings. The highest BCUT2D eigenvalue weighted by Crippen LogP contribution is 2.22. The summed E-state index contributed by atoms with van der Waals surface area (Å²) in [4.78, 5) is 18.1. The minimum absolute atomic E-state index is 0.0192. The molecule has 0 saturated carbocycles. The molecule has 0 saturated heterocycles. The van der Waals surface area contributed by atoms with Gasteiger partial charge < -0.3 is 10.4 Å². The summed E-state index contributed by atoms with van der Waals surface area (Å²) in [6, 6.07) is -0.889. The molecule has 1 aromatic heterocycles. The van der Waals surface area contributed by atoms with Crippen molar-refractivity contribution < 1.29 is 23.1 Å². The highest BCUT2D eigenvalue weighted by molar-refractivity contribution is 5.88. The molecule has 2 N–H and O–H groups in total. The molecule has 100 valence electrons. The number of halogens is 3. The number of aryl methyl sites for hydroxylation is 1. The lowest BCUT2D eigenvalue weighted by Crippen LogP contribution is -2.25. The van der Waals surface area contributed by atoms with Crippen LogP contribution >= 0.6 is 0 Å². The van der Waals surface area contributed by atoms with E-state index in [0.717, 1.165) is 6.20 Å². The molecule has 18 heavy (non-hydrogen) atoms. The first-order valence-electron chi connectivity index (χ1n) is 5.09. The lowest BCUT2D eigenvalue weighted by atomic mass is 10.2. The van der Waals surface area contributed by atoms with E-state index in [0.29, 0.717) is 0 Å². The van der Waals surface area contributed by atoms with Crippen LogP contribution < -0.4 is 5.32 Å². The smallest absolute Gasteiger partial charge is 0.391 e. The Hall–Kier alpha value is -1.86. The third-order valence-electron chi connectivity index (χ3n) is 2.12. The topological polar surface area (TPSA) is 75.1 Å². The number of carboxylic acids is 1. The molecule has 0 aliphatic heterocycles. The average molecular weight is 263 g/mol. The highest BCUT2D eigenvalue weighted by Gasteiger charge is 2.30. The molecule has 0 spiro atoms. The van der Waals surface area contributed by atoms with Crippen molar-refractivity contribution in [2.75, 3.05) is 5.32 Å². The maximum Gasteiger partial charge on any atom is 0.391 e. The number of hydrogen-bond acceptors (Lipinski definition) is 4. The number of alkyl halides is 3. The first-order chi connectivity index (χ1) is 8.19. The van der Waals surface area contributed by atoms with Gasteiger partial charge in [-0.3, -0.25) is 0 Å². The molecular formula is C10H12F3N3O2. The van der Waals surface area contributed by atoms with Crippen molar-refractivity contribution in [1.29, 1.82) is 0 Å². The van der Waals surface area contributed by atoms with Gasteiger partial charge in [0.25, 0.3) is 0 Å². The number of nitrogens with one attached hydrogen (secondary N) is 1. The van der Waals surface area contributed by atoms with Gasteiger partial charge in [0.1, 0.15) is 0 Å². The Kier molecular flexibility index (Phi) is 4.10. The molecule has 0 aromatic carbocycles. The third kappa shape index (κ3) is 4.19. The number of carbonyl (C=O) groups is 1. The number of aromatic nitrogens is 2. The van der Waals surface area contributed by atoms with Crippen molar-refractivity contribution in [2.45, 2.75) is 32.5 Å². The average Bonchev–Trinajstić information content (AvgIpc) is 2.13. The normalized spacial score (nSPS) is 13.2. The molecular weight excluding hydrogens is 251 g/mol. The van der Waals surface area contributed by atoms with Crippen molar-refractivity contribution in [3.63, 3.8) is 0 Å². The summed E-state index contributed by atoms with van der Waals surface area (Å²) in [6.07, 6.45) is -4.23. The van der Waals surface area contributed by atoms with Gasteiger partial charge in [-0.25, -0.2) is 14.8 Å². The van der Waals surface area contributed by atoms with Gasteiger partial charge >= 0.3 is 12.1 Å². The van der Waals surface area contributed by atoms with Crippen LogP contribution in [0.25, 0.3) is 0 Å². The minimum atomic E-state index is -4.28.